The summed E-state index contributed by atoms with van der Waals surface area (Å²) in [5.74, 6) is 0. The van der Waals surface area contributed by atoms with Crippen LogP contribution in [0.15, 0.2) is 33.5 Å². The highest BCUT2D eigenvalue weighted by Gasteiger charge is 2.18. The summed E-state index contributed by atoms with van der Waals surface area (Å²) in [7, 11) is 0. The zero-order valence-electron chi connectivity index (χ0n) is 6.60. The van der Waals surface area contributed by atoms with Gasteiger partial charge < -0.3 is 0 Å². The van der Waals surface area contributed by atoms with E-state index in [4.69, 9.17) is 0 Å². The molecule has 0 unspecified atom stereocenters. The van der Waals surface area contributed by atoms with Crippen LogP contribution in [0.4, 0.5) is 0 Å². The first-order valence-electron chi connectivity index (χ1n) is 3.71. The Hall–Kier alpha value is -0.890. The molecule has 2 aromatic carbocycles. The molecule has 0 N–H and O–H groups in total. The van der Waals surface area contributed by atoms with Gasteiger partial charge in [-0.1, -0.05) is 28.1 Å². The van der Waals surface area contributed by atoms with Gasteiger partial charge in [-0.3, -0.25) is 4.79 Å². The van der Waals surface area contributed by atoms with Gasteiger partial charge in [0, 0.05) is 15.6 Å². The first-order chi connectivity index (χ1) is 5.70. The van der Waals surface area contributed by atoms with Gasteiger partial charge in [0.25, 0.3) is 0 Å². The van der Waals surface area contributed by atoms with Crippen molar-refractivity contribution in [3.63, 3.8) is 0 Å². The Morgan fingerprint density at radius 1 is 1.17 bits per heavy atom. The Morgan fingerprint density at radius 2 is 1.67 bits per heavy atom. The molecule has 0 radical (unpaired) electrons. The van der Waals surface area contributed by atoms with Gasteiger partial charge in [-0.2, -0.15) is 0 Å². The fourth-order valence-corrected chi connectivity index (χ4v) is 1.49. The van der Waals surface area contributed by atoms with Gasteiger partial charge in [-0.25, -0.2) is 0 Å². The molecule has 2 heteroatoms. The van der Waals surface area contributed by atoms with Gasteiger partial charge in [-0.05, 0) is 24.6 Å². The minimum absolute atomic E-state index is 0.206. The summed E-state index contributed by atoms with van der Waals surface area (Å²) < 4.78 is 1.04. The molecule has 2 aromatic rings. The van der Waals surface area contributed by atoms with E-state index in [1.54, 1.807) is 0 Å². The Bertz CT molecular complexity index is 419. The van der Waals surface area contributed by atoms with Crippen molar-refractivity contribution < 1.29 is 0 Å². The molecule has 60 valence electrons. The average molecular weight is 223 g/mol. The fraction of sp³-hybridized carbons (Fsp3) is 0.100. The van der Waals surface area contributed by atoms with Crippen molar-refractivity contribution in [3.8, 4) is 11.1 Å². The smallest absolute Gasteiger partial charge is 0.190 e. The summed E-state index contributed by atoms with van der Waals surface area (Å²) in [6, 6.07) is 7.80. The van der Waals surface area contributed by atoms with E-state index in [0.717, 1.165) is 21.2 Å². The summed E-state index contributed by atoms with van der Waals surface area (Å²) in [6.07, 6.45) is 0. The number of halogens is 1. The summed E-state index contributed by atoms with van der Waals surface area (Å²) >= 11 is 3.34. The maximum atomic E-state index is 11.0. The molecule has 1 nitrogen and oxygen atoms in total. The topological polar surface area (TPSA) is 17.1 Å². The molecule has 0 amide bonds. The van der Waals surface area contributed by atoms with Gasteiger partial charge in [-0.15, -0.1) is 0 Å². The van der Waals surface area contributed by atoms with Gasteiger partial charge >= 0.3 is 0 Å². The Morgan fingerprint density at radius 3 is 2.08 bits per heavy atom. The molecule has 0 aliphatic carbocycles. The van der Waals surface area contributed by atoms with E-state index in [9.17, 15) is 4.79 Å². The predicted octanol–water partition coefficient (Wildman–Crippen LogP) is 2.66. The Balaban J connectivity index is 2.44. The lowest BCUT2D eigenvalue weighted by atomic mass is 10.2. The molecule has 0 atom stereocenters. The highest BCUT2D eigenvalue weighted by molar-refractivity contribution is 9.10. The number of hydrogen-bond acceptors (Lipinski definition) is 1. The molecular weight excluding hydrogens is 216 g/mol. The third-order valence-electron chi connectivity index (χ3n) is 2.01. The third-order valence-corrected chi connectivity index (χ3v) is 2.54. The molecule has 2 rings (SSSR count). The van der Waals surface area contributed by atoms with Crippen LogP contribution in [0.25, 0.3) is 11.1 Å². The number of benzene rings is 1. The van der Waals surface area contributed by atoms with Gasteiger partial charge in [0.2, 0.25) is 0 Å². The Labute approximate surface area is 78.9 Å². The molecule has 0 fully saturated rings. The van der Waals surface area contributed by atoms with E-state index in [-0.39, 0.29) is 5.43 Å². The first-order valence-corrected chi connectivity index (χ1v) is 4.51. The predicted molar refractivity (Wildman–Crippen MR) is 53.0 cm³/mol. The Kier molecular flexibility index (Phi) is 1.65. The standard InChI is InChI=1S/C10H7BrO/c1-6-9(10(6)12)7-2-4-8(11)5-3-7/h2-5H,1H3. The van der Waals surface area contributed by atoms with Gasteiger partial charge in [0.15, 0.2) is 5.43 Å². The van der Waals surface area contributed by atoms with Crippen LogP contribution >= 0.6 is 15.9 Å². The van der Waals surface area contributed by atoms with E-state index >= 15 is 0 Å². The quantitative estimate of drug-likeness (QED) is 0.726. The molecule has 0 saturated heterocycles. The van der Waals surface area contributed by atoms with Crippen LogP contribution in [0, 0.1) is 6.92 Å². The molecule has 0 heterocycles. The average Bonchev–Trinajstić information content (AvgIpc) is 2.63. The largest absolute Gasteiger partial charge is 0.289 e. The normalized spacial score (nSPS) is 10.8. The molecule has 0 aliphatic rings. The SMILES string of the molecule is Cc1c(-c2ccc(Br)cc2)c1=O. The fourth-order valence-electron chi connectivity index (χ4n) is 1.22. The van der Waals surface area contributed by atoms with Crippen molar-refractivity contribution in [2.45, 2.75) is 6.92 Å². The van der Waals surface area contributed by atoms with Crippen molar-refractivity contribution in [3.05, 3.63) is 44.5 Å². The number of rotatable bonds is 1. The van der Waals surface area contributed by atoms with Crippen LogP contribution in [0.3, 0.4) is 0 Å². The molecule has 0 saturated carbocycles. The highest BCUT2D eigenvalue weighted by Crippen LogP contribution is 2.25. The number of hydrogen-bond donors (Lipinski definition) is 0. The second-order valence-electron chi connectivity index (χ2n) is 2.84. The van der Waals surface area contributed by atoms with Crippen LogP contribution in [0.5, 0.6) is 0 Å². The second-order valence-corrected chi connectivity index (χ2v) is 3.75. The maximum absolute atomic E-state index is 11.0. The van der Waals surface area contributed by atoms with Crippen LogP contribution in [-0.4, -0.2) is 0 Å². The highest BCUT2D eigenvalue weighted by atomic mass is 79.9. The van der Waals surface area contributed by atoms with E-state index < -0.39 is 0 Å². The molecule has 0 aromatic heterocycles. The van der Waals surface area contributed by atoms with E-state index in [1.165, 1.54) is 0 Å². The second kappa shape index (κ2) is 2.56. The van der Waals surface area contributed by atoms with Crippen molar-refractivity contribution in [2.75, 3.05) is 0 Å². The molecule has 0 bridgehead atoms. The van der Waals surface area contributed by atoms with Crippen LogP contribution in [0.2, 0.25) is 0 Å². The zero-order valence-corrected chi connectivity index (χ0v) is 8.18. The first kappa shape index (κ1) is 7.74. The van der Waals surface area contributed by atoms with Crippen molar-refractivity contribution in [2.24, 2.45) is 0 Å². The summed E-state index contributed by atoms with van der Waals surface area (Å²) in [5, 5.41) is 0. The maximum Gasteiger partial charge on any atom is 0.190 e. The van der Waals surface area contributed by atoms with E-state index in [1.807, 2.05) is 31.2 Å². The molecule has 0 aliphatic heterocycles. The summed E-state index contributed by atoms with van der Waals surface area (Å²) in [4.78, 5) is 11.0. The van der Waals surface area contributed by atoms with Gasteiger partial charge in [0.05, 0.1) is 0 Å². The van der Waals surface area contributed by atoms with Crippen molar-refractivity contribution in [1.82, 2.24) is 0 Å². The van der Waals surface area contributed by atoms with Gasteiger partial charge in [0.1, 0.15) is 0 Å². The minimum atomic E-state index is 0.206. The van der Waals surface area contributed by atoms with Crippen LogP contribution in [0.1, 0.15) is 5.56 Å². The molecular formula is C10H7BrO. The van der Waals surface area contributed by atoms with E-state index in [2.05, 4.69) is 15.9 Å². The van der Waals surface area contributed by atoms with Crippen molar-refractivity contribution >= 4 is 15.9 Å². The lowest BCUT2D eigenvalue weighted by molar-refractivity contribution is 1.62. The lowest BCUT2D eigenvalue weighted by Crippen LogP contribution is -1.76. The monoisotopic (exact) mass is 222 g/mol. The van der Waals surface area contributed by atoms with Crippen LogP contribution in [-0.2, 0) is 0 Å². The zero-order chi connectivity index (χ0) is 8.72. The minimum Gasteiger partial charge on any atom is -0.289 e. The molecule has 12 heavy (non-hydrogen) atoms. The summed E-state index contributed by atoms with van der Waals surface area (Å²) in [5.41, 5.74) is 3.03. The third kappa shape index (κ3) is 1.12. The van der Waals surface area contributed by atoms with Crippen LogP contribution < -0.4 is 5.43 Å². The van der Waals surface area contributed by atoms with Crippen molar-refractivity contribution in [1.29, 1.82) is 0 Å². The summed E-state index contributed by atoms with van der Waals surface area (Å²) in [6.45, 7) is 1.86. The molecule has 0 spiro atoms. The van der Waals surface area contributed by atoms with E-state index in [0.29, 0.717) is 0 Å². The lowest BCUT2D eigenvalue weighted by Gasteiger charge is -1.91.